The molecule has 0 spiro atoms. The van der Waals surface area contributed by atoms with E-state index in [4.69, 9.17) is 0 Å². The largest absolute Gasteiger partial charge is 0.0808 e. The van der Waals surface area contributed by atoms with Gasteiger partial charge >= 0.3 is 0 Å². The van der Waals surface area contributed by atoms with Gasteiger partial charge in [0.05, 0.1) is 8.07 Å². The lowest BCUT2D eigenvalue weighted by molar-refractivity contribution is 0.537. The summed E-state index contributed by atoms with van der Waals surface area (Å²) in [5.74, 6) is 1.85. The quantitative estimate of drug-likeness (QED) is 0.567. The van der Waals surface area contributed by atoms with Gasteiger partial charge in [-0.25, -0.2) is 0 Å². The fourth-order valence-corrected chi connectivity index (χ4v) is 8.24. The molecule has 0 N–H and O–H groups in total. The van der Waals surface area contributed by atoms with Crippen molar-refractivity contribution in [3.05, 3.63) is 24.3 Å². The Morgan fingerprint density at radius 2 is 1.86 bits per heavy atom. The molecule has 0 aromatic rings. The molecule has 0 bridgehead atoms. The van der Waals surface area contributed by atoms with Crippen molar-refractivity contribution in [1.82, 2.24) is 0 Å². The highest BCUT2D eigenvalue weighted by atomic mass is 28.3. The van der Waals surface area contributed by atoms with Crippen molar-refractivity contribution in [3.8, 4) is 0 Å². The lowest BCUT2D eigenvalue weighted by Crippen LogP contribution is -2.44. The summed E-state index contributed by atoms with van der Waals surface area (Å²) in [7, 11) is -0.757. The third-order valence-electron chi connectivity index (χ3n) is 4.96. The Labute approximate surface area is 88.1 Å². The second-order valence-electron chi connectivity index (χ2n) is 5.70. The molecular weight excluding hydrogens is 184 g/mol. The van der Waals surface area contributed by atoms with Crippen LogP contribution in [0.4, 0.5) is 0 Å². The Hall–Kier alpha value is -0.303. The topological polar surface area (TPSA) is 0 Å². The maximum Gasteiger partial charge on any atom is 0.0541 e. The Kier molecular flexibility index (Phi) is 1.98. The maximum absolute atomic E-state index is 2.66. The summed E-state index contributed by atoms with van der Waals surface area (Å²) in [5.41, 5.74) is 1.13. The van der Waals surface area contributed by atoms with E-state index >= 15 is 0 Å². The zero-order chi connectivity index (χ0) is 9.60. The summed E-state index contributed by atoms with van der Waals surface area (Å²) in [4.78, 5) is 0. The first kappa shape index (κ1) is 8.96. The highest BCUT2D eigenvalue weighted by Gasteiger charge is 2.48. The lowest BCUT2D eigenvalue weighted by atomic mass is 9.92. The summed E-state index contributed by atoms with van der Waals surface area (Å²) < 4.78 is 0. The average Bonchev–Trinajstić information content (AvgIpc) is 2.58. The van der Waals surface area contributed by atoms with Crippen LogP contribution in [0.25, 0.3) is 0 Å². The lowest BCUT2D eigenvalue weighted by Gasteiger charge is -2.44. The first-order chi connectivity index (χ1) is 6.80. The van der Waals surface area contributed by atoms with Crippen LogP contribution in [0.1, 0.15) is 19.3 Å². The van der Waals surface area contributed by atoms with E-state index in [1.807, 2.05) is 0 Å². The van der Waals surface area contributed by atoms with Gasteiger partial charge in [0.1, 0.15) is 0 Å². The molecule has 3 rings (SSSR count). The molecule has 1 saturated carbocycles. The summed E-state index contributed by atoms with van der Waals surface area (Å²) in [5, 5.41) is 0. The van der Waals surface area contributed by atoms with E-state index in [-0.39, 0.29) is 0 Å². The van der Waals surface area contributed by atoms with Gasteiger partial charge in [0.25, 0.3) is 0 Å². The molecule has 0 amide bonds. The molecule has 1 heterocycles. The van der Waals surface area contributed by atoms with Crippen molar-refractivity contribution < 1.29 is 0 Å². The normalized spacial score (nSPS) is 43.4. The molecule has 3 unspecified atom stereocenters. The monoisotopic (exact) mass is 204 g/mol. The second-order valence-corrected chi connectivity index (χ2v) is 10.8. The van der Waals surface area contributed by atoms with Gasteiger partial charge in [-0.15, -0.1) is 0 Å². The fraction of sp³-hybridized carbons (Fsp3) is 0.692. The van der Waals surface area contributed by atoms with Crippen molar-refractivity contribution in [2.75, 3.05) is 0 Å². The third-order valence-corrected chi connectivity index (χ3v) is 10.4. The van der Waals surface area contributed by atoms with Gasteiger partial charge in [-0.05, 0) is 23.8 Å². The van der Waals surface area contributed by atoms with Crippen molar-refractivity contribution in [2.24, 2.45) is 11.8 Å². The molecule has 1 aliphatic heterocycles. The average molecular weight is 204 g/mol. The first-order valence-corrected chi connectivity index (χ1v) is 9.14. The van der Waals surface area contributed by atoms with Crippen molar-refractivity contribution in [1.29, 1.82) is 0 Å². The molecule has 2 aliphatic carbocycles. The minimum absolute atomic E-state index is 0.757. The molecule has 0 radical (unpaired) electrons. The number of fused-ring (bicyclic) bond motifs is 1. The zero-order valence-corrected chi connectivity index (χ0v) is 10.1. The van der Waals surface area contributed by atoms with Crippen LogP contribution in [0, 0.1) is 11.8 Å². The van der Waals surface area contributed by atoms with Crippen molar-refractivity contribution >= 4 is 8.07 Å². The van der Waals surface area contributed by atoms with Crippen LogP contribution in [0.2, 0.25) is 24.2 Å². The van der Waals surface area contributed by atoms with E-state index < -0.39 is 8.07 Å². The molecule has 14 heavy (non-hydrogen) atoms. The highest BCUT2D eigenvalue weighted by molar-refractivity contribution is 6.82. The van der Waals surface area contributed by atoms with Crippen LogP contribution >= 0.6 is 0 Å². The van der Waals surface area contributed by atoms with Gasteiger partial charge in [0.2, 0.25) is 0 Å². The Morgan fingerprint density at radius 3 is 2.57 bits per heavy atom. The summed E-state index contributed by atoms with van der Waals surface area (Å²) in [6.45, 7) is 2.66. The molecule has 0 nitrogen and oxygen atoms in total. The van der Waals surface area contributed by atoms with Crippen LogP contribution in [-0.2, 0) is 0 Å². The van der Waals surface area contributed by atoms with Crippen LogP contribution in [0.15, 0.2) is 24.3 Å². The SMILES string of the molecule is C[Si]1(C2CCC3C=CC=CC32)CCC1. The van der Waals surface area contributed by atoms with E-state index in [1.54, 1.807) is 12.1 Å². The van der Waals surface area contributed by atoms with Crippen LogP contribution in [0.3, 0.4) is 0 Å². The van der Waals surface area contributed by atoms with Gasteiger partial charge in [0.15, 0.2) is 0 Å². The zero-order valence-electron chi connectivity index (χ0n) is 9.08. The smallest absolute Gasteiger partial charge is 0.0541 e. The fourth-order valence-electron chi connectivity index (χ4n) is 3.87. The molecule has 2 fully saturated rings. The molecule has 76 valence electrons. The van der Waals surface area contributed by atoms with Crippen LogP contribution in [-0.4, -0.2) is 8.07 Å². The molecule has 3 atom stereocenters. The summed E-state index contributed by atoms with van der Waals surface area (Å²) in [6.07, 6.45) is 14.1. The minimum atomic E-state index is -0.757. The van der Waals surface area contributed by atoms with Crippen molar-refractivity contribution in [3.63, 3.8) is 0 Å². The number of allylic oxidation sites excluding steroid dienone is 4. The Bertz CT molecular complexity index is 286. The first-order valence-electron chi connectivity index (χ1n) is 6.15. The summed E-state index contributed by atoms with van der Waals surface area (Å²) >= 11 is 0. The molecular formula is C13H20Si. The van der Waals surface area contributed by atoms with Crippen molar-refractivity contribution in [2.45, 2.75) is 43.4 Å². The van der Waals surface area contributed by atoms with E-state index in [1.165, 1.54) is 19.3 Å². The minimum Gasteiger partial charge on any atom is -0.0808 e. The van der Waals surface area contributed by atoms with E-state index in [0.29, 0.717) is 0 Å². The highest BCUT2D eigenvalue weighted by Crippen LogP contribution is 2.55. The summed E-state index contributed by atoms with van der Waals surface area (Å²) in [6, 6.07) is 3.25. The predicted octanol–water partition coefficient (Wildman–Crippen LogP) is 3.99. The third kappa shape index (κ3) is 1.18. The van der Waals surface area contributed by atoms with Gasteiger partial charge in [0, 0.05) is 0 Å². The maximum atomic E-state index is 2.66. The van der Waals surface area contributed by atoms with Gasteiger partial charge in [-0.2, -0.15) is 0 Å². The predicted molar refractivity (Wildman–Crippen MR) is 64.1 cm³/mol. The molecule has 3 aliphatic rings. The molecule has 1 heteroatoms. The van der Waals surface area contributed by atoms with Gasteiger partial charge in [-0.1, -0.05) is 55.8 Å². The number of hydrogen-bond acceptors (Lipinski definition) is 0. The standard InChI is InChI=1S/C13H20Si/c1-14(9-4-10-14)13-8-7-11-5-2-3-6-12(11)13/h2-3,5-6,11-13H,4,7-10H2,1H3. The van der Waals surface area contributed by atoms with Gasteiger partial charge in [-0.3, -0.25) is 0 Å². The van der Waals surface area contributed by atoms with E-state index in [0.717, 1.165) is 17.4 Å². The Morgan fingerprint density at radius 1 is 1.07 bits per heavy atom. The van der Waals surface area contributed by atoms with E-state index in [9.17, 15) is 0 Å². The number of hydrogen-bond donors (Lipinski definition) is 0. The van der Waals surface area contributed by atoms with Crippen LogP contribution < -0.4 is 0 Å². The molecule has 1 saturated heterocycles. The Balaban J connectivity index is 1.82. The van der Waals surface area contributed by atoms with Crippen LogP contribution in [0.5, 0.6) is 0 Å². The van der Waals surface area contributed by atoms with E-state index in [2.05, 4.69) is 30.9 Å². The van der Waals surface area contributed by atoms with Gasteiger partial charge < -0.3 is 0 Å². The number of rotatable bonds is 1. The molecule has 0 aromatic carbocycles. The second kappa shape index (κ2) is 3.09. The molecule has 0 aromatic heterocycles.